The molecule has 1 aromatic carbocycles. The minimum atomic E-state index is -5.73. The third-order valence-electron chi connectivity index (χ3n) is 2.52. The SMILES string of the molecule is OC1OC(C(F)(F)C(F)(F)F)c2ccccc21. The van der Waals surface area contributed by atoms with Crippen molar-refractivity contribution in [3.05, 3.63) is 35.4 Å². The third-order valence-corrected chi connectivity index (χ3v) is 2.52. The number of rotatable bonds is 1. The number of ether oxygens (including phenoxy) is 1. The molecule has 1 aromatic rings. The van der Waals surface area contributed by atoms with Crippen molar-refractivity contribution in [1.82, 2.24) is 0 Å². The van der Waals surface area contributed by atoms with E-state index < -0.39 is 24.5 Å². The Morgan fingerprint density at radius 3 is 2.06 bits per heavy atom. The molecule has 2 unspecified atom stereocenters. The quantitative estimate of drug-likeness (QED) is 0.781. The lowest BCUT2D eigenvalue weighted by Crippen LogP contribution is -2.42. The molecule has 7 heteroatoms. The molecule has 0 radical (unpaired) electrons. The second-order valence-corrected chi connectivity index (χ2v) is 3.62. The summed E-state index contributed by atoms with van der Waals surface area (Å²) in [6.45, 7) is 0. The van der Waals surface area contributed by atoms with Crippen LogP contribution in [0.5, 0.6) is 0 Å². The number of fused-ring (bicyclic) bond motifs is 1. The Kier molecular flexibility index (Phi) is 2.62. The number of alkyl halides is 5. The Hall–Kier alpha value is -1.21. The van der Waals surface area contributed by atoms with Crippen molar-refractivity contribution >= 4 is 0 Å². The van der Waals surface area contributed by atoms with Gasteiger partial charge >= 0.3 is 12.1 Å². The fourth-order valence-electron chi connectivity index (χ4n) is 1.68. The normalized spacial score (nSPS) is 24.8. The van der Waals surface area contributed by atoms with Gasteiger partial charge in [0.2, 0.25) is 0 Å². The van der Waals surface area contributed by atoms with E-state index in [0.717, 1.165) is 6.07 Å². The predicted octanol–water partition coefficient (Wildman–Crippen LogP) is 2.95. The summed E-state index contributed by atoms with van der Waals surface area (Å²) in [6.07, 6.45) is -9.99. The van der Waals surface area contributed by atoms with Crippen LogP contribution in [0.25, 0.3) is 0 Å². The van der Waals surface area contributed by atoms with E-state index in [-0.39, 0.29) is 11.1 Å². The van der Waals surface area contributed by atoms with Crippen LogP contribution in [0.3, 0.4) is 0 Å². The van der Waals surface area contributed by atoms with Crippen molar-refractivity contribution in [2.24, 2.45) is 0 Å². The summed E-state index contributed by atoms with van der Waals surface area (Å²) in [5, 5.41) is 9.26. The standard InChI is InChI=1S/C10H7F5O2/c11-9(12,10(13,14)15)7-5-3-1-2-4-6(5)8(16)17-7/h1-4,7-8,16H. The summed E-state index contributed by atoms with van der Waals surface area (Å²) in [7, 11) is 0. The average Bonchev–Trinajstić information content (AvgIpc) is 2.56. The highest BCUT2D eigenvalue weighted by Crippen LogP contribution is 2.52. The van der Waals surface area contributed by atoms with Gasteiger partial charge < -0.3 is 9.84 Å². The number of hydrogen-bond acceptors (Lipinski definition) is 2. The molecule has 0 amide bonds. The largest absolute Gasteiger partial charge is 0.456 e. The van der Waals surface area contributed by atoms with Crippen LogP contribution in [0, 0.1) is 0 Å². The Balaban J connectivity index is 2.44. The van der Waals surface area contributed by atoms with E-state index in [0.29, 0.717) is 0 Å². The van der Waals surface area contributed by atoms with Gasteiger partial charge in [0.15, 0.2) is 12.4 Å². The van der Waals surface area contributed by atoms with Crippen LogP contribution in [0.15, 0.2) is 24.3 Å². The van der Waals surface area contributed by atoms with Crippen LogP contribution in [0.4, 0.5) is 22.0 Å². The molecule has 2 nitrogen and oxygen atoms in total. The number of aliphatic hydroxyl groups is 1. The van der Waals surface area contributed by atoms with Gasteiger partial charge in [0.25, 0.3) is 0 Å². The zero-order valence-electron chi connectivity index (χ0n) is 8.21. The van der Waals surface area contributed by atoms with Crippen molar-refractivity contribution in [3.8, 4) is 0 Å². The molecule has 0 fully saturated rings. The molecule has 0 saturated heterocycles. The molecule has 94 valence electrons. The van der Waals surface area contributed by atoms with Gasteiger partial charge in [0, 0.05) is 5.56 Å². The summed E-state index contributed by atoms with van der Waals surface area (Å²) in [5.41, 5.74) is -0.413. The molecule has 0 aliphatic carbocycles. The van der Waals surface area contributed by atoms with Crippen molar-refractivity contribution in [2.75, 3.05) is 0 Å². The van der Waals surface area contributed by atoms with Gasteiger partial charge in [-0.2, -0.15) is 22.0 Å². The van der Waals surface area contributed by atoms with Gasteiger partial charge in [0.05, 0.1) is 0 Å². The van der Waals surface area contributed by atoms with Gasteiger partial charge in [-0.25, -0.2) is 0 Å². The molecule has 1 aliphatic rings. The highest BCUT2D eigenvalue weighted by Gasteiger charge is 2.65. The molecule has 17 heavy (non-hydrogen) atoms. The molecular formula is C10H7F5O2. The fourth-order valence-corrected chi connectivity index (χ4v) is 1.68. The monoisotopic (exact) mass is 254 g/mol. The second-order valence-electron chi connectivity index (χ2n) is 3.62. The maximum absolute atomic E-state index is 13.1. The van der Waals surface area contributed by atoms with Gasteiger partial charge in [-0.15, -0.1) is 0 Å². The lowest BCUT2D eigenvalue weighted by atomic mass is 10.0. The zero-order valence-corrected chi connectivity index (χ0v) is 8.21. The molecule has 0 bridgehead atoms. The minimum absolute atomic E-state index is 0.0681. The molecular weight excluding hydrogens is 247 g/mol. The molecule has 0 spiro atoms. The molecule has 1 heterocycles. The van der Waals surface area contributed by atoms with Crippen molar-refractivity contribution in [2.45, 2.75) is 24.5 Å². The molecule has 0 saturated carbocycles. The number of aliphatic hydroxyl groups excluding tert-OH is 1. The maximum Gasteiger partial charge on any atom is 0.456 e. The first-order valence-electron chi connectivity index (χ1n) is 4.62. The van der Waals surface area contributed by atoms with E-state index >= 15 is 0 Å². The fraction of sp³-hybridized carbons (Fsp3) is 0.400. The van der Waals surface area contributed by atoms with Crippen LogP contribution in [0.1, 0.15) is 23.5 Å². The third kappa shape index (κ3) is 1.79. The van der Waals surface area contributed by atoms with Gasteiger partial charge in [-0.3, -0.25) is 0 Å². The Labute approximate surface area is 92.6 Å². The van der Waals surface area contributed by atoms with Crippen LogP contribution in [-0.2, 0) is 4.74 Å². The lowest BCUT2D eigenvalue weighted by molar-refractivity contribution is -0.331. The van der Waals surface area contributed by atoms with Crippen molar-refractivity contribution in [1.29, 1.82) is 0 Å². The van der Waals surface area contributed by atoms with E-state index in [4.69, 9.17) is 0 Å². The average molecular weight is 254 g/mol. The first-order chi connectivity index (χ1) is 7.75. The summed E-state index contributed by atoms with van der Waals surface area (Å²) < 4.78 is 67.1. The minimum Gasteiger partial charge on any atom is -0.364 e. The van der Waals surface area contributed by atoms with Gasteiger partial charge in [-0.1, -0.05) is 24.3 Å². The predicted molar refractivity (Wildman–Crippen MR) is 46.2 cm³/mol. The van der Waals surface area contributed by atoms with Crippen molar-refractivity contribution < 1.29 is 31.8 Å². The van der Waals surface area contributed by atoms with Gasteiger partial charge in [-0.05, 0) is 5.56 Å². The van der Waals surface area contributed by atoms with Crippen LogP contribution in [0.2, 0.25) is 0 Å². The molecule has 2 rings (SSSR count). The van der Waals surface area contributed by atoms with Crippen molar-refractivity contribution in [3.63, 3.8) is 0 Å². The Morgan fingerprint density at radius 2 is 1.53 bits per heavy atom. The van der Waals surface area contributed by atoms with Gasteiger partial charge in [0.1, 0.15) is 0 Å². The summed E-state index contributed by atoms with van der Waals surface area (Å²) >= 11 is 0. The molecule has 1 aliphatic heterocycles. The Morgan fingerprint density at radius 1 is 1.00 bits per heavy atom. The van der Waals surface area contributed by atoms with E-state index in [1.165, 1.54) is 18.2 Å². The van der Waals surface area contributed by atoms with E-state index in [1.54, 1.807) is 0 Å². The van der Waals surface area contributed by atoms with Crippen LogP contribution >= 0.6 is 0 Å². The molecule has 1 N–H and O–H groups in total. The highest BCUT2D eigenvalue weighted by molar-refractivity contribution is 5.34. The lowest BCUT2D eigenvalue weighted by Gasteiger charge is -2.25. The zero-order chi connectivity index (χ0) is 12.8. The van der Waals surface area contributed by atoms with Crippen LogP contribution < -0.4 is 0 Å². The number of hydrogen-bond donors (Lipinski definition) is 1. The number of benzene rings is 1. The number of halogens is 5. The van der Waals surface area contributed by atoms with E-state index in [2.05, 4.69) is 4.74 Å². The first kappa shape index (κ1) is 12.3. The van der Waals surface area contributed by atoms with E-state index in [9.17, 15) is 27.1 Å². The van der Waals surface area contributed by atoms with Crippen LogP contribution in [-0.4, -0.2) is 17.2 Å². The molecule has 0 aromatic heterocycles. The summed E-state index contributed by atoms with van der Waals surface area (Å²) in [5.74, 6) is -5.04. The summed E-state index contributed by atoms with van der Waals surface area (Å²) in [4.78, 5) is 0. The maximum atomic E-state index is 13.1. The van der Waals surface area contributed by atoms with E-state index in [1.807, 2.05) is 0 Å². The molecule has 2 atom stereocenters. The smallest absolute Gasteiger partial charge is 0.364 e. The highest BCUT2D eigenvalue weighted by atomic mass is 19.4. The topological polar surface area (TPSA) is 29.5 Å². The first-order valence-corrected chi connectivity index (χ1v) is 4.62. The summed E-state index contributed by atoms with van der Waals surface area (Å²) in [6, 6.07) is 5.04. The second kappa shape index (κ2) is 3.64. The Bertz CT molecular complexity index is 429.